The molecule has 0 aliphatic rings. The van der Waals surface area contributed by atoms with Crippen molar-refractivity contribution in [1.29, 1.82) is 0 Å². The first-order valence-corrected chi connectivity index (χ1v) is 15.8. The summed E-state index contributed by atoms with van der Waals surface area (Å²) in [6.07, 6.45) is 1.98. The summed E-state index contributed by atoms with van der Waals surface area (Å²) in [6, 6.07) is 22.1. The minimum atomic E-state index is -3.92. The molecule has 0 saturated heterocycles. The number of sulfonamides is 1. The van der Waals surface area contributed by atoms with E-state index in [1.165, 1.54) is 4.90 Å². The second-order valence-electron chi connectivity index (χ2n) is 9.81. The maximum Gasteiger partial charge on any atom is 0.244 e. The third-order valence-corrected chi connectivity index (χ3v) is 8.18. The van der Waals surface area contributed by atoms with Crippen LogP contribution in [-0.2, 0) is 32.6 Å². The maximum atomic E-state index is 14.2. The van der Waals surface area contributed by atoms with Gasteiger partial charge < -0.3 is 15.0 Å². The molecule has 0 aliphatic heterocycles. The lowest BCUT2D eigenvalue weighted by Gasteiger charge is -2.34. The monoisotopic (exact) mass is 599 g/mol. The Labute approximate surface area is 248 Å². The Morgan fingerprint density at radius 2 is 1.59 bits per heavy atom. The third-order valence-electron chi connectivity index (χ3n) is 6.68. The molecule has 0 saturated carbocycles. The molecule has 220 valence electrons. The number of nitrogens with zero attached hydrogens (tertiary/aromatic N) is 2. The van der Waals surface area contributed by atoms with E-state index in [2.05, 4.69) is 5.32 Å². The van der Waals surface area contributed by atoms with E-state index >= 15 is 0 Å². The standard InChI is InChI=1S/C31H38ClN3O5S/c1-5-23(3)33-31(37)28(20-24-14-8-7-9-15-24)34(21-25-16-10-11-17-26(25)32)30(36)22-35(41(4,38)39)27-18-12-13-19-29(27)40-6-2/h7-19,23,28H,5-6,20-22H2,1-4H3,(H,33,37)/t23-,28+/m1/s1. The van der Waals surface area contributed by atoms with Crippen LogP contribution in [0.1, 0.15) is 38.3 Å². The molecule has 41 heavy (non-hydrogen) atoms. The lowest BCUT2D eigenvalue weighted by Crippen LogP contribution is -2.54. The van der Waals surface area contributed by atoms with Crippen LogP contribution in [0.3, 0.4) is 0 Å². The van der Waals surface area contributed by atoms with E-state index in [-0.39, 0.29) is 30.6 Å². The summed E-state index contributed by atoms with van der Waals surface area (Å²) in [5.74, 6) is -0.549. The molecule has 0 fully saturated rings. The van der Waals surface area contributed by atoms with Crippen LogP contribution in [0.4, 0.5) is 5.69 Å². The Morgan fingerprint density at radius 3 is 2.22 bits per heavy atom. The average molecular weight is 600 g/mol. The Hall–Kier alpha value is -3.56. The Morgan fingerprint density at radius 1 is 0.951 bits per heavy atom. The van der Waals surface area contributed by atoms with Crippen LogP contribution in [0.25, 0.3) is 0 Å². The molecule has 2 atom stereocenters. The molecular formula is C31H38ClN3O5S. The van der Waals surface area contributed by atoms with Gasteiger partial charge in [-0.25, -0.2) is 8.42 Å². The second-order valence-corrected chi connectivity index (χ2v) is 12.1. The van der Waals surface area contributed by atoms with Crippen LogP contribution < -0.4 is 14.4 Å². The number of rotatable bonds is 14. The number of nitrogens with one attached hydrogen (secondary N) is 1. The lowest BCUT2D eigenvalue weighted by atomic mass is 10.0. The molecule has 0 spiro atoms. The summed E-state index contributed by atoms with van der Waals surface area (Å²) >= 11 is 6.49. The largest absolute Gasteiger partial charge is 0.492 e. The SMILES string of the molecule is CCOc1ccccc1N(CC(=O)N(Cc1ccccc1Cl)[C@@H](Cc1ccccc1)C(=O)N[C@H](C)CC)S(C)(=O)=O. The molecule has 0 radical (unpaired) electrons. The number of anilines is 1. The van der Waals surface area contributed by atoms with Crippen LogP contribution >= 0.6 is 11.6 Å². The number of para-hydroxylation sites is 2. The number of ether oxygens (including phenoxy) is 1. The van der Waals surface area contributed by atoms with Crippen molar-refractivity contribution in [2.24, 2.45) is 0 Å². The molecule has 0 unspecified atom stereocenters. The van der Waals surface area contributed by atoms with Gasteiger partial charge in [0.25, 0.3) is 0 Å². The molecule has 3 aromatic rings. The summed E-state index contributed by atoms with van der Waals surface area (Å²) in [6.45, 7) is 5.44. The van der Waals surface area contributed by atoms with Crippen molar-refractivity contribution in [2.45, 2.75) is 52.2 Å². The number of carbonyl (C=O) groups is 2. The summed E-state index contributed by atoms with van der Waals surface area (Å²) in [4.78, 5) is 29.4. The van der Waals surface area contributed by atoms with Crippen molar-refractivity contribution in [2.75, 3.05) is 23.7 Å². The highest BCUT2D eigenvalue weighted by molar-refractivity contribution is 7.92. The molecule has 3 rings (SSSR count). The zero-order chi connectivity index (χ0) is 30.0. The molecule has 3 aromatic carbocycles. The Bertz CT molecular complexity index is 1420. The summed E-state index contributed by atoms with van der Waals surface area (Å²) in [5, 5.41) is 3.45. The highest BCUT2D eigenvalue weighted by Crippen LogP contribution is 2.30. The summed E-state index contributed by atoms with van der Waals surface area (Å²) in [7, 11) is -3.92. The van der Waals surface area contributed by atoms with Crippen LogP contribution in [0.2, 0.25) is 5.02 Å². The van der Waals surface area contributed by atoms with Gasteiger partial charge in [-0.15, -0.1) is 0 Å². The second kappa shape index (κ2) is 14.9. The maximum absolute atomic E-state index is 14.2. The van der Waals surface area contributed by atoms with E-state index in [1.807, 2.05) is 44.2 Å². The molecule has 0 heterocycles. The van der Waals surface area contributed by atoms with Gasteiger partial charge in [0, 0.05) is 24.0 Å². The molecular weight excluding hydrogens is 562 g/mol. The highest BCUT2D eigenvalue weighted by atomic mass is 35.5. The first-order valence-electron chi connectivity index (χ1n) is 13.6. The first-order chi connectivity index (χ1) is 19.5. The fourth-order valence-corrected chi connectivity index (χ4v) is 5.39. The van der Waals surface area contributed by atoms with Gasteiger partial charge in [-0.1, -0.05) is 79.2 Å². The van der Waals surface area contributed by atoms with Gasteiger partial charge in [-0.3, -0.25) is 13.9 Å². The molecule has 10 heteroatoms. The van der Waals surface area contributed by atoms with Crippen molar-refractivity contribution < 1.29 is 22.7 Å². The number of halogens is 1. The summed E-state index contributed by atoms with van der Waals surface area (Å²) in [5.41, 5.74) is 1.74. The van der Waals surface area contributed by atoms with Gasteiger partial charge in [-0.2, -0.15) is 0 Å². The van der Waals surface area contributed by atoms with Gasteiger partial charge >= 0.3 is 0 Å². The van der Waals surface area contributed by atoms with Crippen LogP contribution in [0.5, 0.6) is 5.75 Å². The average Bonchev–Trinajstić information content (AvgIpc) is 2.95. The number of hydrogen-bond acceptors (Lipinski definition) is 5. The third kappa shape index (κ3) is 8.96. The normalized spacial score (nSPS) is 12.7. The Kier molecular flexibility index (Phi) is 11.6. The van der Waals surface area contributed by atoms with Crippen molar-refractivity contribution in [3.63, 3.8) is 0 Å². The molecule has 0 aliphatic carbocycles. The fraction of sp³-hybridized carbons (Fsp3) is 0.355. The van der Waals surface area contributed by atoms with Crippen molar-refractivity contribution >= 4 is 39.1 Å². The summed E-state index contributed by atoms with van der Waals surface area (Å²) < 4.78 is 32.8. The molecule has 2 amide bonds. The van der Waals surface area contributed by atoms with Gasteiger partial charge in [-0.05, 0) is 49.6 Å². The van der Waals surface area contributed by atoms with E-state index in [9.17, 15) is 18.0 Å². The van der Waals surface area contributed by atoms with Crippen molar-refractivity contribution in [3.05, 3.63) is 95.0 Å². The van der Waals surface area contributed by atoms with Crippen LogP contribution in [-0.4, -0.2) is 56.6 Å². The van der Waals surface area contributed by atoms with Crippen molar-refractivity contribution in [1.82, 2.24) is 10.2 Å². The van der Waals surface area contributed by atoms with E-state index in [4.69, 9.17) is 16.3 Å². The number of amides is 2. The Balaban J connectivity index is 2.09. The number of benzene rings is 3. The zero-order valence-electron chi connectivity index (χ0n) is 23.9. The smallest absolute Gasteiger partial charge is 0.244 e. The van der Waals surface area contributed by atoms with E-state index in [0.717, 1.165) is 16.1 Å². The molecule has 0 bridgehead atoms. The van der Waals surface area contributed by atoms with Crippen LogP contribution in [0.15, 0.2) is 78.9 Å². The van der Waals surface area contributed by atoms with Gasteiger partial charge in [0.15, 0.2) is 0 Å². The number of carbonyl (C=O) groups excluding carboxylic acids is 2. The molecule has 1 N–H and O–H groups in total. The zero-order valence-corrected chi connectivity index (χ0v) is 25.5. The topological polar surface area (TPSA) is 96.0 Å². The van der Waals surface area contributed by atoms with Gasteiger partial charge in [0.2, 0.25) is 21.8 Å². The predicted molar refractivity (Wildman–Crippen MR) is 164 cm³/mol. The van der Waals surface area contributed by atoms with E-state index < -0.39 is 28.5 Å². The minimum Gasteiger partial charge on any atom is -0.492 e. The van der Waals surface area contributed by atoms with Gasteiger partial charge in [0.1, 0.15) is 18.3 Å². The lowest BCUT2D eigenvalue weighted by molar-refractivity contribution is -0.140. The van der Waals surface area contributed by atoms with Crippen molar-refractivity contribution in [3.8, 4) is 5.75 Å². The molecule has 8 nitrogen and oxygen atoms in total. The van der Waals surface area contributed by atoms with Gasteiger partial charge in [0.05, 0.1) is 18.6 Å². The fourth-order valence-electron chi connectivity index (χ4n) is 4.34. The van der Waals surface area contributed by atoms with Crippen LogP contribution in [0, 0.1) is 0 Å². The minimum absolute atomic E-state index is 0.00857. The van der Waals surface area contributed by atoms with E-state index in [0.29, 0.717) is 29.4 Å². The van der Waals surface area contributed by atoms with E-state index in [1.54, 1.807) is 55.5 Å². The first kappa shape index (κ1) is 32.0. The predicted octanol–water partition coefficient (Wildman–Crippen LogP) is 5.06. The highest BCUT2D eigenvalue weighted by Gasteiger charge is 2.34. The molecule has 0 aromatic heterocycles. The number of hydrogen-bond donors (Lipinski definition) is 1. The quantitative estimate of drug-likeness (QED) is 0.279.